The van der Waals surface area contributed by atoms with Crippen molar-refractivity contribution in [3.8, 4) is 0 Å². The van der Waals surface area contributed by atoms with Crippen LogP contribution in [0.2, 0.25) is 0 Å². The topological polar surface area (TPSA) is 72.5 Å². The molecule has 0 unspecified atom stereocenters. The molecule has 8 heteroatoms. The largest absolute Gasteiger partial charge is 0.465 e. The second kappa shape index (κ2) is 5.78. The molecule has 0 spiro atoms. The van der Waals surface area contributed by atoms with Crippen LogP contribution in [-0.2, 0) is 25.3 Å². The van der Waals surface area contributed by atoms with Crippen molar-refractivity contribution in [3.05, 3.63) is 35.4 Å². The molecule has 1 aliphatic heterocycles. The Labute approximate surface area is 123 Å². The number of carbonyl (C=O) groups excluding carboxylic acids is 3. The number of ether oxygens (including phenoxy) is 1. The highest BCUT2D eigenvalue weighted by Gasteiger charge is 2.48. The van der Waals surface area contributed by atoms with E-state index in [1.807, 2.05) is 5.32 Å². The number of hydrogen-bond donors (Lipinski definition) is 1. The number of rotatable bonds is 3. The molecule has 1 N–H and O–H groups in total. The summed E-state index contributed by atoms with van der Waals surface area (Å²) in [6, 6.07) is 3.99. The highest BCUT2D eigenvalue weighted by atomic mass is 19.4. The number of carbonyl (C=O) groups is 3. The number of esters is 1. The number of nitrogens with one attached hydrogen (secondary N) is 1. The molecule has 0 bridgehead atoms. The lowest BCUT2D eigenvalue weighted by atomic mass is 9.87. The molecule has 1 heterocycles. The summed E-state index contributed by atoms with van der Waals surface area (Å²) < 4.78 is 43.0. The molecule has 118 valence electrons. The van der Waals surface area contributed by atoms with E-state index in [2.05, 4.69) is 0 Å². The quantitative estimate of drug-likeness (QED) is 0.523. The SMILES string of the molecule is CCOC(=O)[C@@H]1C(=O)NC(=O)[C@H]1c1cccc(C(F)(F)F)c1. The van der Waals surface area contributed by atoms with Gasteiger partial charge in [-0.3, -0.25) is 19.7 Å². The Kier molecular flexibility index (Phi) is 4.20. The second-order valence-corrected chi connectivity index (χ2v) is 4.68. The highest BCUT2D eigenvalue weighted by Crippen LogP contribution is 2.35. The van der Waals surface area contributed by atoms with Crippen LogP contribution < -0.4 is 5.32 Å². The smallest absolute Gasteiger partial charge is 0.416 e. The van der Waals surface area contributed by atoms with Crippen LogP contribution in [-0.4, -0.2) is 24.4 Å². The first kappa shape index (κ1) is 16.0. The lowest BCUT2D eigenvalue weighted by Gasteiger charge is -2.16. The predicted octanol–water partition coefficient (Wildman–Crippen LogP) is 1.62. The summed E-state index contributed by atoms with van der Waals surface area (Å²) in [5.41, 5.74) is -1.02. The Morgan fingerprint density at radius 2 is 1.95 bits per heavy atom. The Morgan fingerprint density at radius 1 is 1.27 bits per heavy atom. The van der Waals surface area contributed by atoms with Gasteiger partial charge in [-0.15, -0.1) is 0 Å². The molecular weight excluding hydrogens is 303 g/mol. The molecule has 1 aromatic rings. The van der Waals surface area contributed by atoms with Crippen LogP contribution in [0.25, 0.3) is 0 Å². The molecule has 22 heavy (non-hydrogen) atoms. The van der Waals surface area contributed by atoms with Gasteiger partial charge in [0.1, 0.15) is 0 Å². The third kappa shape index (κ3) is 2.95. The summed E-state index contributed by atoms with van der Waals surface area (Å²) in [7, 11) is 0. The van der Waals surface area contributed by atoms with Gasteiger partial charge in [0.15, 0.2) is 5.92 Å². The fourth-order valence-electron chi connectivity index (χ4n) is 2.31. The van der Waals surface area contributed by atoms with Crippen molar-refractivity contribution >= 4 is 17.8 Å². The van der Waals surface area contributed by atoms with Crippen molar-refractivity contribution in [1.82, 2.24) is 5.32 Å². The number of imide groups is 1. The van der Waals surface area contributed by atoms with E-state index in [1.54, 1.807) is 0 Å². The number of hydrogen-bond acceptors (Lipinski definition) is 4. The Hall–Kier alpha value is -2.38. The van der Waals surface area contributed by atoms with Crippen molar-refractivity contribution in [3.63, 3.8) is 0 Å². The maximum atomic E-state index is 12.7. The summed E-state index contributed by atoms with van der Waals surface area (Å²) in [6.45, 7) is 1.51. The zero-order valence-electron chi connectivity index (χ0n) is 11.4. The van der Waals surface area contributed by atoms with E-state index in [0.717, 1.165) is 18.2 Å². The fourth-order valence-corrected chi connectivity index (χ4v) is 2.31. The average molecular weight is 315 g/mol. The van der Waals surface area contributed by atoms with Crippen molar-refractivity contribution < 1.29 is 32.3 Å². The Balaban J connectivity index is 2.42. The maximum Gasteiger partial charge on any atom is 0.416 e. The summed E-state index contributed by atoms with van der Waals surface area (Å²) in [5.74, 6) is -5.42. The van der Waals surface area contributed by atoms with Gasteiger partial charge in [0.05, 0.1) is 18.1 Å². The van der Waals surface area contributed by atoms with E-state index >= 15 is 0 Å². The molecule has 0 aliphatic carbocycles. The lowest BCUT2D eigenvalue weighted by Crippen LogP contribution is -2.29. The molecular formula is C14H12F3NO4. The van der Waals surface area contributed by atoms with E-state index < -0.39 is 41.4 Å². The summed E-state index contributed by atoms with van der Waals surface area (Å²) in [6.07, 6.45) is -4.59. The Morgan fingerprint density at radius 3 is 2.55 bits per heavy atom. The van der Waals surface area contributed by atoms with Gasteiger partial charge >= 0.3 is 12.1 Å². The van der Waals surface area contributed by atoms with Crippen LogP contribution in [0.1, 0.15) is 24.0 Å². The van der Waals surface area contributed by atoms with Gasteiger partial charge in [-0.05, 0) is 18.6 Å². The first-order valence-corrected chi connectivity index (χ1v) is 6.44. The minimum absolute atomic E-state index is 0.00782. The lowest BCUT2D eigenvalue weighted by molar-refractivity contribution is -0.151. The van der Waals surface area contributed by atoms with E-state index in [9.17, 15) is 27.6 Å². The first-order chi connectivity index (χ1) is 10.3. The minimum atomic E-state index is -4.59. The predicted molar refractivity (Wildman–Crippen MR) is 67.5 cm³/mol. The highest BCUT2D eigenvalue weighted by molar-refractivity contribution is 6.16. The number of benzene rings is 1. The standard InChI is InChI=1S/C14H12F3NO4/c1-2-22-13(21)10-9(11(19)18-12(10)20)7-4-3-5-8(6-7)14(15,16)17/h3-6,9-10H,2H2,1H3,(H,18,19,20)/t9-,10-/m0/s1. The van der Waals surface area contributed by atoms with Gasteiger partial charge in [0, 0.05) is 0 Å². The summed E-state index contributed by atoms with van der Waals surface area (Å²) >= 11 is 0. The van der Waals surface area contributed by atoms with E-state index in [0.29, 0.717) is 0 Å². The van der Waals surface area contributed by atoms with Gasteiger partial charge in [0.2, 0.25) is 11.8 Å². The van der Waals surface area contributed by atoms with Crippen LogP contribution in [0.5, 0.6) is 0 Å². The zero-order chi connectivity index (χ0) is 16.5. The maximum absolute atomic E-state index is 12.7. The summed E-state index contributed by atoms with van der Waals surface area (Å²) in [5, 5.41) is 1.95. The third-order valence-corrected chi connectivity index (χ3v) is 3.26. The van der Waals surface area contributed by atoms with Crippen molar-refractivity contribution in [1.29, 1.82) is 0 Å². The minimum Gasteiger partial charge on any atom is -0.465 e. The molecule has 1 saturated heterocycles. The van der Waals surface area contributed by atoms with E-state index in [4.69, 9.17) is 4.74 Å². The molecule has 2 atom stereocenters. The van der Waals surface area contributed by atoms with Gasteiger partial charge in [-0.2, -0.15) is 13.2 Å². The number of amides is 2. The van der Waals surface area contributed by atoms with Crippen molar-refractivity contribution in [2.45, 2.75) is 19.0 Å². The monoisotopic (exact) mass is 315 g/mol. The van der Waals surface area contributed by atoms with Gasteiger partial charge < -0.3 is 4.74 Å². The van der Waals surface area contributed by atoms with Crippen LogP contribution >= 0.6 is 0 Å². The van der Waals surface area contributed by atoms with Crippen molar-refractivity contribution in [2.24, 2.45) is 5.92 Å². The number of alkyl halides is 3. The third-order valence-electron chi connectivity index (χ3n) is 3.26. The van der Waals surface area contributed by atoms with E-state index in [1.165, 1.54) is 13.0 Å². The van der Waals surface area contributed by atoms with Crippen LogP contribution in [0.15, 0.2) is 24.3 Å². The molecule has 1 aromatic carbocycles. The molecule has 0 radical (unpaired) electrons. The second-order valence-electron chi connectivity index (χ2n) is 4.68. The molecule has 0 saturated carbocycles. The van der Waals surface area contributed by atoms with Crippen LogP contribution in [0, 0.1) is 5.92 Å². The molecule has 1 aliphatic rings. The molecule has 2 rings (SSSR count). The van der Waals surface area contributed by atoms with Crippen LogP contribution in [0.3, 0.4) is 0 Å². The molecule has 1 fully saturated rings. The Bertz CT molecular complexity index is 627. The van der Waals surface area contributed by atoms with Gasteiger partial charge in [0.25, 0.3) is 0 Å². The molecule has 2 amide bonds. The molecule has 0 aromatic heterocycles. The van der Waals surface area contributed by atoms with E-state index in [-0.39, 0.29) is 12.2 Å². The summed E-state index contributed by atoms with van der Waals surface area (Å²) in [4.78, 5) is 35.4. The first-order valence-electron chi connectivity index (χ1n) is 6.44. The fraction of sp³-hybridized carbons (Fsp3) is 0.357. The van der Waals surface area contributed by atoms with Gasteiger partial charge in [-0.25, -0.2) is 0 Å². The normalized spacial score (nSPS) is 21.6. The zero-order valence-corrected chi connectivity index (χ0v) is 11.4. The van der Waals surface area contributed by atoms with Crippen LogP contribution in [0.4, 0.5) is 13.2 Å². The molecule has 5 nitrogen and oxygen atoms in total. The van der Waals surface area contributed by atoms with Gasteiger partial charge in [-0.1, -0.05) is 18.2 Å². The average Bonchev–Trinajstić information content (AvgIpc) is 2.73. The van der Waals surface area contributed by atoms with Crippen molar-refractivity contribution in [2.75, 3.05) is 6.61 Å². The number of halogens is 3.